The number of aryl methyl sites for hydroxylation is 2. The van der Waals surface area contributed by atoms with Crippen LogP contribution in [0.2, 0.25) is 0 Å². The Bertz CT molecular complexity index is 990. The van der Waals surface area contributed by atoms with Gasteiger partial charge in [0.05, 0.1) is 23.5 Å². The Morgan fingerprint density at radius 2 is 1.86 bits per heavy atom. The van der Waals surface area contributed by atoms with Crippen molar-refractivity contribution in [3.8, 4) is 5.75 Å². The fraction of sp³-hybridized carbons (Fsp3) is 0.435. The van der Waals surface area contributed by atoms with Crippen LogP contribution in [0.5, 0.6) is 5.75 Å². The van der Waals surface area contributed by atoms with Gasteiger partial charge in [0, 0.05) is 43.8 Å². The molecule has 0 bridgehead atoms. The number of hydrogen-bond acceptors (Lipinski definition) is 6. The van der Waals surface area contributed by atoms with Gasteiger partial charge in [-0.25, -0.2) is 9.97 Å². The first kappa shape index (κ1) is 19.6. The highest BCUT2D eigenvalue weighted by atomic mass is 16.5. The van der Waals surface area contributed by atoms with Gasteiger partial charge in [0.1, 0.15) is 5.75 Å². The number of aromatic nitrogens is 3. The highest BCUT2D eigenvalue weighted by Crippen LogP contribution is 2.24. The van der Waals surface area contributed by atoms with Crippen LogP contribution in [-0.2, 0) is 6.54 Å². The molecule has 1 aliphatic rings. The van der Waals surface area contributed by atoms with E-state index in [-0.39, 0.29) is 0 Å². The largest absolute Gasteiger partial charge is 0.494 e. The summed E-state index contributed by atoms with van der Waals surface area (Å²) >= 11 is 0. The molecule has 6 heteroatoms. The van der Waals surface area contributed by atoms with E-state index in [1.807, 2.05) is 38.1 Å². The molecule has 1 aliphatic heterocycles. The summed E-state index contributed by atoms with van der Waals surface area (Å²) in [7, 11) is 0. The van der Waals surface area contributed by atoms with Gasteiger partial charge in [-0.2, -0.15) is 0 Å². The fourth-order valence-electron chi connectivity index (χ4n) is 3.89. The van der Waals surface area contributed by atoms with E-state index in [2.05, 4.69) is 33.8 Å². The van der Waals surface area contributed by atoms with E-state index in [0.717, 1.165) is 78.8 Å². The molecule has 6 nitrogen and oxygen atoms in total. The van der Waals surface area contributed by atoms with Crippen molar-refractivity contribution in [2.45, 2.75) is 33.7 Å². The molecule has 0 N–H and O–H groups in total. The third-order valence-corrected chi connectivity index (χ3v) is 5.36. The summed E-state index contributed by atoms with van der Waals surface area (Å²) in [5.41, 5.74) is 4.19. The molecule has 1 aromatic carbocycles. The molecule has 0 spiro atoms. The molecule has 0 aliphatic carbocycles. The number of hydrogen-bond donors (Lipinski definition) is 0. The van der Waals surface area contributed by atoms with E-state index in [9.17, 15) is 0 Å². The Balaban J connectivity index is 1.48. The molecule has 0 atom stereocenters. The summed E-state index contributed by atoms with van der Waals surface area (Å²) in [5, 5.41) is 1.06. The fourth-order valence-corrected chi connectivity index (χ4v) is 3.89. The maximum absolute atomic E-state index is 5.62. The van der Waals surface area contributed by atoms with E-state index < -0.39 is 0 Å². The van der Waals surface area contributed by atoms with Gasteiger partial charge in [0.25, 0.3) is 0 Å². The zero-order chi connectivity index (χ0) is 20.2. The molecule has 1 fully saturated rings. The van der Waals surface area contributed by atoms with Crippen molar-refractivity contribution in [2.24, 2.45) is 0 Å². The molecule has 3 aromatic rings. The lowest BCUT2D eigenvalue weighted by Crippen LogP contribution is -2.31. The monoisotopic (exact) mass is 391 g/mol. The third-order valence-electron chi connectivity index (χ3n) is 5.36. The topological polar surface area (TPSA) is 54.4 Å². The Hall–Kier alpha value is -2.73. The maximum atomic E-state index is 5.62. The average Bonchev–Trinajstić information content (AvgIpc) is 2.94. The van der Waals surface area contributed by atoms with Crippen LogP contribution in [0.1, 0.15) is 30.4 Å². The summed E-state index contributed by atoms with van der Waals surface area (Å²) < 4.78 is 5.62. The molecule has 0 unspecified atom stereocenters. The van der Waals surface area contributed by atoms with E-state index in [1.54, 1.807) is 0 Å². The van der Waals surface area contributed by atoms with Crippen molar-refractivity contribution < 1.29 is 4.74 Å². The summed E-state index contributed by atoms with van der Waals surface area (Å²) in [5.74, 6) is 1.70. The van der Waals surface area contributed by atoms with Gasteiger partial charge in [0.2, 0.25) is 5.95 Å². The lowest BCUT2D eigenvalue weighted by molar-refractivity contribution is 0.282. The molecule has 3 heterocycles. The van der Waals surface area contributed by atoms with Crippen molar-refractivity contribution in [1.82, 2.24) is 19.9 Å². The van der Waals surface area contributed by atoms with Crippen LogP contribution in [0.3, 0.4) is 0 Å². The minimum atomic E-state index is 0.659. The number of nitrogens with zero attached hydrogens (tertiary/aromatic N) is 5. The summed E-state index contributed by atoms with van der Waals surface area (Å²) in [6.07, 6.45) is 1.09. The van der Waals surface area contributed by atoms with Gasteiger partial charge >= 0.3 is 0 Å². The van der Waals surface area contributed by atoms with Crippen molar-refractivity contribution >= 4 is 16.9 Å². The Labute approximate surface area is 172 Å². The SMILES string of the molecule is CCOc1ccc2nc(N3CCCN(Cc4cccc(C)n4)CC3)nc(C)c2c1. The van der Waals surface area contributed by atoms with Gasteiger partial charge < -0.3 is 9.64 Å². The third kappa shape index (κ3) is 4.65. The molecular formula is C23H29N5O. The number of fused-ring (bicyclic) bond motifs is 1. The van der Waals surface area contributed by atoms with Gasteiger partial charge in [0.15, 0.2) is 0 Å². The lowest BCUT2D eigenvalue weighted by atomic mass is 10.2. The second-order valence-corrected chi connectivity index (χ2v) is 7.61. The highest BCUT2D eigenvalue weighted by Gasteiger charge is 2.18. The minimum absolute atomic E-state index is 0.659. The first-order valence-electron chi connectivity index (χ1n) is 10.4. The number of rotatable bonds is 5. The summed E-state index contributed by atoms with van der Waals surface area (Å²) in [4.78, 5) is 19.1. The van der Waals surface area contributed by atoms with Crippen molar-refractivity contribution in [2.75, 3.05) is 37.7 Å². The van der Waals surface area contributed by atoms with Crippen LogP contribution in [0.25, 0.3) is 10.9 Å². The predicted molar refractivity (Wildman–Crippen MR) is 117 cm³/mol. The van der Waals surface area contributed by atoms with Crippen LogP contribution < -0.4 is 9.64 Å². The van der Waals surface area contributed by atoms with E-state index >= 15 is 0 Å². The summed E-state index contributed by atoms with van der Waals surface area (Å²) in [6, 6.07) is 12.3. The van der Waals surface area contributed by atoms with Gasteiger partial charge in [-0.3, -0.25) is 9.88 Å². The second-order valence-electron chi connectivity index (χ2n) is 7.61. The van der Waals surface area contributed by atoms with Crippen LogP contribution in [0, 0.1) is 13.8 Å². The van der Waals surface area contributed by atoms with Gasteiger partial charge in [-0.1, -0.05) is 6.07 Å². The standard InChI is InChI=1S/C23H29N5O/c1-4-29-20-9-10-22-21(15-20)18(3)25-23(26-22)28-12-6-11-27(13-14-28)16-19-8-5-7-17(2)24-19/h5,7-10,15H,4,6,11-14,16H2,1-3H3. The minimum Gasteiger partial charge on any atom is -0.494 e. The first-order valence-corrected chi connectivity index (χ1v) is 10.4. The average molecular weight is 392 g/mol. The number of benzene rings is 1. The molecule has 0 amide bonds. The van der Waals surface area contributed by atoms with Crippen molar-refractivity contribution in [3.63, 3.8) is 0 Å². The van der Waals surface area contributed by atoms with Crippen LogP contribution >= 0.6 is 0 Å². The zero-order valence-electron chi connectivity index (χ0n) is 17.6. The number of ether oxygens (including phenoxy) is 1. The lowest BCUT2D eigenvalue weighted by Gasteiger charge is -2.22. The zero-order valence-corrected chi connectivity index (χ0v) is 17.6. The van der Waals surface area contributed by atoms with E-state index in [4.69, 9.17) is 14.7 Å². The number of anilines is 1. The molecule has 29 heavy (non-hydrogen) atoms. The Morgan fingerprint density at radius 1 is 0.966 bits per heavy atom. The first-order chi connectivity index (χ1) is 14.1. The van der Waals surface area contributed by atoms with Crippen LogP contribution in [-0.4, -0.2) is 52.6 Å². The van der Waals surface area contributed by atoms with Crippen molar-refractivity contribution in [1.29, 1.82) is 0 Å². The van der Waals surface area contributed by atoms with E-state index in [1.165, 1.54) is 0 Å². The Kier molecular flexibility index (Phi) is 5.90. The molecule has 1 saturated heterocycles. The second kappa shape index (κ2) is 8.74. The molecule has 4 rings (SSSR count). The molecular weight excluding hydrogens is 362 g/mol. The molecule has 0 radical (unpaired) electrons. The smallest absolute Gasteiger partial charge is 0.226 e. The molecule has 2 aromatic heterocycles. The van der Waals surface area contributed by atoms with Crippen molar-refractivity contribution in [3.05, 3.63) is 53.5 Å². The Morgan fingerprint density at radius 3 is 2.69 bits per heavy atom. The summed E-state index contributed by atoms with van der Waals surface area (Å²) in [6.45, 7) is 11.6. The van der Waals surface area contributed by atoms with E-state index in [0.29, 0.717) is 6.61 Å². The highest BCUT2D eigenvalue weighted by molar-refractivity contribution is 5.83. The normalized spacial score (nSPS) is 15.5. The van der Waals surface area contributed by atoms with Gasteiger partial charge in [-0.05, 0) is 57.5 Å². The quantitative estimate of drug-likeness (QED) is 0.660. The van der Waals surface area contributed by atoms with Gasteiger partial charge in [-0.15, -0.1) is 0 Å². The van der Waals surface area contributed by atoms with Crippen LogP contribution in [0.15, 0.2) is 36.4 Å². The molecule has 152 valence electrons. The predicted octanol–water partition coefficient (Wildman–Crippen LogP) is 3.75. The molecule has 0 saturated carbocycles. The maximum Gasteiger partial charge on any atom is 0.226 e. The van der Waals surface area contributed by atoms with Crippen LogP contribution in [0.4, 0.5) is 5.95 Å². The number of pyridine rings is 1.